The van der Waals surface area contributed by atoms with Gasteiger partial charge in [0.25, 0.3) is 0 Å². The van der Waals surface area contributed by atoms with Gasteiger partial charge in [0.05, 0.1) is 5.38 Å². The molecule has 3 nitrogen and oxygen atoms in total. The van der Waals surface area contributed by atoms with E-state index in [0.29, 0.717) is 5.56 Å². The van der Waals surface area contributed by atoms with Crippen molar-refractivity contribution in [2.45, 2.75) is 20.8 Å². The average molecular weight is 328 g/mol. The number of benzene rings is 1. The monoisotopic (exact) mass is 326 g/mol. The molecule has 1 aromatic carbocycles. The summed E-state index contributed by atoms with van der Waals surface area (Å²) in [5.74, 6) is -1.01. The summed E-state index contributed by atoms with van der Waals surface area (Å²) in [5, 5.41) is 13.9. The summed E-state index contributed by atoms with van der Waals surface area (Å²) < 4.78 is 1.12. The zero-order chi connectivity index (χ0) is 13.8. The van der Waals surface area contributed by atoms with E-state index in [4.69, 9.17) is 0 Å². The fourth-order valence-electron chi connectivity index (χ4n) is 1.03. The van der Waals surface area contributed by atoms with E-state index in [1.54, 1.807) is 20.8 Å². The Balaban J connectivity index is 0.000000360. The van der Waals surface area contributed by atoms with E-state index >= 15 is 0 Å². The Bertz CT molecular complexity index is 555. The molecule has 0 aliphatic heterocycles. The van der Waals surface area contributed by atoms with Crippen LogP contribution in [0.15, 0.2) is 24.3 Å². The third kappa shape index (κ3) is 5.21. The minimum atomic E-state index is -1.01. The molecule has 0 spiro atoms. The second-order valence-electron chi connectivity index (χ2n) is 4.77. The van der Waals surface area contributed by atoms with Gasteiger partial charge in [0.2, 0.25) is 0 Å². The molecule has 1 heterocycles. The van der Waals surface area contributed by atoms with Crippen molar-refractivity contribution in [1.82, 2.24) is 0 Å². The van der Waals surface area contributed by atoms with E-state index in [1.807, 2.05) is 24.3 Å². The van der Waals surface area contributed by atoms with Crippen LogP contribution in [-0.2, 0) is 24.3 Å². The molecule has 0 aliphatic rings. The van der Waals surface area contributed by atoms with Gasteiger partial charge in [0.1, 0.15) is 0 Å². The van der Waals surface area contributed by atoms with Crippen LogP contribution in [0.2, 0.25) is 0 Å². The van der Waals surface area contributed by atoms with E-state index in [1.165, 1.54) is 11.3 Å². The topological polar surface area (TPSA) is 57.2 Å². The zero-order valence-electron chi connectivity index (χ0n) is 11.2. The van der Waals surface area contributed by atoms with Crippen LogP contribution in [0.5, 0.6) is 0 Å². The summed E-state index contributed by atoms with van der Waals surface area (Å²) in [7, 11) is 0. The van der Waals surface area contributed by atoms with Crippen molar-refractivity contribution in [3.8, 4) is 0 Å². The van der Waals surface area contributed by atoms with Gasteiger partial charge in [-0.25, -0.2) is 0 Å². The number of carbonyl (C=O) groups is 2. The van der Waals surface area contributed by atoms with Gasteiger partial charge in [0.15, 0.2) is 6.29 Å². The smallest absolute Gasteiger partial charge is 0.152 e. The number of thiophene rings is 1. The van der Waals surface area contributed by atoms with Gasteiger partial charge in [0, 0.05) is 46.5 Å². The first-order chi connectivity index (χ1) is 8.36. The Kier molecular flexibility index (Phi) is 7.09. The van der Waals surface area contributed by atoms with E-state index in [0.717, 1.165) is 16.4 Å². The molecule has 2 rings (SSSR count). The van der Waals surface area contributed by atoms with Gasteiger partial charge in [-0.1, -0.05) is 39.0 Å². The fourth-order valence-corrected chi connectivity index (χ4v) is 1.84. The summed E-state index contributed by atoms with van der Waals surface area (Å²) in [6.45, 7) is 4.80. The van der Waals surface area contributed by atoms with Crippen molar-refractivity contribution in [2.24, 2.45) is 5.41 Å². The summed E-state index contributed by atoms with van der Waals surface area (Å²) >= 11 is 1.48. The largest absolute Gasteiger partial charge is 0.550 e. The van der Waals surface area contributed by atoms with Crippen molar-refractivity contribution in [3.63, 3.8) is 0 Å². The summed E-state index contributed by atoms with van der Waals surface area (Å²) in [6.07, 6.45) is 0.846. The van der Waals surface area contributed by atoms with Gasteiger partial charge < -0.3 is 9.90 Å². The van der Waals surface area contributed by atoms with E-state index < -0.39 is 11.4 Å². The van der Waals surface area contributed by atoms with Gasteiger partial charge >= 0.3 is 0 Å². The van der Waals surface area contributed by atoms with Crippen molar-refractivity contribution in [1.29, 1.82) is 0 Å². The molecular weight excluding hydrogens is 314 g/mol. The second-order valence-corrected chi connectivity index (χ2v) is 5.62. The molecule has 1 radical (unpaired) electrons. The number of carboxylic acids is 1. The Morgan fingerprint density at radius 1 is 1.32 bits per heavy atom. The predicted molar refractivity (Wildman–Crippen MR) is 70.5 cm³/mol. The van der Waals surface area contributed by atoms with E-state index in [9.17, 15) is 14.7 Å². The summed E-state index contributed by atoms with van der Waals surface area (Å²) in [5.41, 5.74) is -0.0226. The maximum absolute atomic E-state index is 10.5. The van der Waals surface area contributed by atoms with E-state index in [-0.39, 0.29) is 19.5 Å². The minimum Gasteiger partial charge on any atom is -0.550 e. The van der Waals surface area contributed by atoms with Crippen molar-refractivity contribution in [3.05, 3.63) is 35.2 Å². The second kappa shape index (κ2) is 7.51. The standard InChI is InChI=1S/C9H5OS.C5H10O2.Zn/c10-5-7-6-11-9-4-2-1-3-8(7)9;1-5(2,3)4(6)7;/h1-5H;1-3H3,(H,6,7);/p-1. The maximum Gasteiger partial charge on any atom is 0.152 e. The van der Waals surface area contributed by atoms with Crippen molar-refractivity contribution >= 4 is 33.7 Å². The Morgan fingerprint density at radius 2 is 1.84 bits per heavy atom. The van der Waals surface area contributed by atoms with Crippen LogP contribution >= 0.6 is 11.3 Å². The molecule has 0 N–H and O–H groups in total. The van der Waals surface area contributed by atoms with Crippen LogP contribution in [0.1, 0.15) is 31.1 Å². The van der Waals surface area contributed by atoms with E-state index in [2.05, 4.69) is 5.38 Å². The van der Waals surface area contributed by atoms with Crippen molar-refractivity contribution < 1.29 is 34.2 Å². The number of aliphatic carboxylic acids is 1. The molecule has 0 unspecified atom stereocenters. The minimum absolute atomic E-state index is 0. The first-order valence-corrected chi connectivity index (χ1v) is 6.23. The van der Waals surface area contributed by atoms with Crippen LogP contribution in [-0.4, -0.2) is 12.3 Å². The molecule has 1 aromatic heterocycles. The van der Waals surface area contributed by atoms with Crippen molar-refractivity contribution in [2.75, 3.05) is 0 Å². The van der Waals surface area contributed by atoms with Crippen LogP contribution in [0, 0.1) is 10.8 Å². The fraction of sp³-hybridized carbons (Fsp3) is 0.286. The molecule has 0 atom stereocenters. The molecule has 5 heteroatoms. The number of carboxylic acid groups (broad SMARTS) is 1. The molecule has 19 heavy (non-hydrogen) atoms. The Morgan fingerprint density at radius 3 is 2.32 bits per heavy atom. The van der Waals surface area contributed by atoms with Gasteiger partial charge in [-0.3, -0.25) is 4.79 Å². The van der Waals surface area contributed by atoms with Crippen LogP contribution in [0.25, 0.3) is 10.1 Å². The Hall–Kier alpha value is -1.06. The van der Waals surface area contributed by atoms with Gasteiger partial charge in [-0.2, -0.15) is 0 Å². The van der Waals surface area contributed by atoms with Crippen LogP contribution in [0.3, 0.4) is 0 Å². The van der Waals surface area contributed by atoms with Crippen LogP contribution < -0.4 is 5.11 Å². The molecule has 0 saturated heterocycles. The summed E-state index contributed by atoms with van der Waals surface area (Å²) in [4.78, 5) is 20.4. The predicted octanol–water partition coefficient (Wildman–Crippen LogP) is 2.29. The quantitative estimate of drug-likeness (QED) is 0.596. The molecule has 0 bridgehead atoms. The molecular formula is C14H14O3SZn-. The van der Waals surface area contributed by atoms with Crippen LogP contribution in [0.4, 0.5) is 0 Å². The third-order valence-electron chi connectivity index (χ3n) is 2.18. The zero-order valence-corrected chi connectivity index (χ0v) is 15.0. The maximum atomic E-state index is 10.5. The first kappa shape index (κ1) is 17.9. The molecule has 0 aliphatic carbocycles. The molecule has 0 saturated carbocycles. The molecule has 0 fully saturated rings. The van der Waals surface area contributed by atoms with Gasteiger partial charge in [-0.05, 0) is 6.07 Å². The first-order valence-electron chi connectivity index (χ1n) is 5.42. The average Bonchev–Trinajstić information content (AvgIpc) is 2.71. The number of rotatable bonds is 1. The molecule has 2 aromatic rings. The number of fused-ring (bicyclic) bond motifs is 1. The summed E-state index contributed by atoms with van der Waals surface area (Å²) in [6, 6.07) is 7.81. The number of hydrogen-bond acceptors (Lipinski definition) is 4. The number of hydrogen-bond donors (Lipinski definition) is 0. The Labute approximate surface area is 129 Å². The molecule has 97 valence electrons. The third-order valence-corrected chi connectivity index (χ3v) is 3.08. The number of aldehydes is 1. The molecule has 0 amide bonds. The number of carbonyl (C=O) groups excluding carboxylic acids is 2. The SMILES string of the molecule is CC(C)(C)C(=O)[O-].O=Cc1[c]sc2ccccc12.[Zn]. The van der Waals surface area contributed by atoms with Gasteiger partial charge in [-0.15, -0.1) is 11.3 Å². The normalized spacial score (nSPS) is 10.1.